The molecule has 3 aromatic rings. The summed E-state index contributed by atoms with van der Waals surface area (Å²) in [4.78, 5) is 12.2. The van der Waals surface area contributed by atoms with E-state index >= 15 is 0 Å². The molecular weight excluding hydrogens is 553 g/mol. The summed E-state index contributed by atoms with van der Waals surface area (Å²) >= 11 is -0.344. The first-order valence-corrected chi connectivity index (χ1v) is 12.5. The number of anilines is 1. The molecule has 2 atom stereocenters. The maximum atomic E-state index is 12.2. The minimum absolute atomic E-state index is 0.262. The van der Waals surface area contributed by atoms with Crippen LogP contribution in [0.5, 0.6) is 5.75 Å². The highest BCUT2D eigenvalue weighted by molar-refractivity contribution is 14.1. The third kappa shape index (κ3) is 6.33. The number of carbonyl (C=O) groups excluding carboxylic acids is 1. The lowest BCUT2D eigenvalue weighted by molar-refractivity contribution is -0.142. The van der Waals surface area contributed by atoms with Crippen molar-refractivity contribution in [3.05, 3.63) is 81.9 Å². The van der Waals surface area contributed by atoms with Crippen LogP contribution >= 0.6 is 22.6 Å². The molecule has 0 spiro atoms. The Kier molecular flexibility index (Phi) is 8.87. The normalized spacial score (nSPS) is 12.8. The second-order valence-corrected chi connectivity index (χ2v) is 9.70. The first kappa shape index (κ1) is 25.2. The van der Waals surface area contributed by atoms with Gasteiger partial charge in [0.15, 0.2) is 0 Å². The topological polar surface area (TPSA) is 78.9 Å². The van der Waals surface area contributed by atoms with Gasteiger partial charge in [0.2, 0.25) is 0 Å². The van der Waals surface area contributed by atoms with Crippen molar-refractivity contribution in [2.75, 3.05) is 11.4 Å². The minimum Gasteiger partial charge on any atom is -0.755 e. The lowest BCUT2D eigenvalue weighted by Gasteiger charge is -2.35. The van der Waals surface area contributed by atoms with E-state index in [0.29, 0.717) is 12.3 Å². The zero-order valence-corrected chi connectivity index (χ0v) is 21.5. The highest BCUT2D eigenvalue weighted by atomic mass is 127. The van der Waals surface area contributed by atoms with Crippen LogP contribution in [-0.2, 0) is 27.4 Å². The fraction of sp³-hybridized carbons (Fsp3) is 0.240. The molecule has 174 valence electrons. The zero-order chi connectivity index (χ0) is 24.0. The Morgan fingerprint density at radius 2 is 1.58 bits per heavy atom. The number of esters is 1. The summed E-state index contributed by atoms with van der Waals surface area (Å²) in [6.07, 6.45) is 0. The van der Waals surface area contributed by atoms with Crippen molar-refractivity contribution >= 4 is 45.5 Å². The first-order valence-electron chi connectivity index (χ1n) is 10.3. The Labute approximate surface area is 210 Å². The molecule has 0 saturated carbocycles. The van der Waals surface area contributed by atoms with Crippen LogP contribution in [0.15, 0.2) is 72.8 Å². The largest absolute Gasteiger partial charge is 0.755 e. The van der Waals surface area contributed by atoms with Crippen molar-refractivity contribution in [2.45, 2.75) is 26.5 Å². The fourth-order valence-electron chi connectivity index (χ4n) is 3.42. The summed E-state index contributed by atoms with van der Waals surface area (Å²) in [5.74, 6) is -0.0957. The highest BCUT2D eigenvalue weighted by Crippen LogP contribution is 2.28. The number of halogens is 1. The van der Waals surface area contributed by atoms with Crippen LogP contribution in [0, 0.1) is 9.49 Å². The molecule has 0 bridgehead atoms. The third-order valence-electron chi connectivity index (χ3n) is 5.15. The lowest BCUT2D eigenvalue weighted by Crippen LogP contribution is -2.46. The monoisotopic (exact) mass is 578 g/mol. The van der Waals surface area contributed by atoms with E-state index in [0.717, 1.165) is 30.3 Å². The predicted octanol–water partition coefficient (Wildman–Crippen LogP) is 5.34. The number of carbonyl (C=O) groups is 1. The smallest absolute Gasteiger partial charge is 0.329 e. The van der Waals surface area contributed by atoms with Crippen LogP contribution in [0.25, 0.3) is 11.1 Å². The maximum Gasteiger partial charge on any atom is 0.329 e. The molecule has 33 heavy (non-hydrogen) atoms. The third-order valence-corrected chi connectivity index (χ3v) is 6.96. The molecule has 0 aliphatic carbocycles. The van der Waals surface area contributed by atoms with Crippen molar-refractivity contribution in [3.63, 3.8) is 0 Å². The number of benzene rings is 3. The molecule has 3 aromatic carbocycles. The Balaban J connectivity index is 1.75. The Morgan fingerprint density at radius 1 is 1.00 bits per heavy atom. The van der Waals surface area contributed by atoms with E-state index in [1.165, 1.54) is 7.11 Å². The van der Waals surface area contributed by atoms with Gasteiger partial charge in [-0.2, -0.15) is 0 Å². The van der Waals surface area contributed by atoms with Crippen molar-refractivity contribution in [2.24, 2.45) is 5.92 Å². The second kappa shape index (κ2) is 11.6. The van der Waals surface area contributed by atoms with Gasteiger partial charge in [0.25, 0.3) is 0 Å². The van der Waals surface area contributed by atoms with E-state index in [1.807, 2.05) is 60.7 Å². The highest BCUT2D eigenvalue weighted by Gasteiger charge is 2.31. The number of methoxy groups -OCH3 is 1. The molecule has 6 nitrogen and oxygen atoms in total. The number of ether oxygens (including phenoxy) is 2. The average Bonchev–Trinajstić information content (AvgIpc) is 2.81. The van der Waals surface area contributed by atoms with Gasteiger partial charge >= 0.3 is 5.97 Å². The molecule has 0 saturated heterocycles. The summed E-state index contributed by atoms with van der Waals surface area (Å²) in [7, 11) is 1.25. The van der Waals surface area contributed by atoms with Gasteiger partial charge in [-0.3, -0.25) is 8.51 Å². The van der Waals surface area contributed by atoms with E-state index in [-0.39, 0.29) is 5.92 Å². The number of rotatable bonds is 9. The van der Waals surface area contributed by atoms with Crippen molar-refractivity contribution in [1.82, 2.24) is 0 Å². The van der Waals surface area contributed by atoms with E-state index < -0.39 is 23.3 Å². The molecule has 2 unspecified atom stereocenters. The second-order valence-electron chi connectivity index (χ2n) is 7.71. The first-order chi connectivity index (χ1) is 15.8. The van der Waals surface area contributed by atoms with Gasteiger partial charge in [-0.1, -0.05) is 56.3 Å². The van der Waals surface area contributed by atoms with Crippen LogP contribution < -0.4 is 9.04 Å². The molecule has 0 N–H and O–H groups in total. The molecule has 0 fully saturated rings. The molecule has 0 radical (unpaired) electrons. The van der Waals surface area contributed by atoms with Gasteiger partial charge in [-0.15, -0.1) is 0 Å². The molecule has 0 aliphatic heterocycles. The fourth-order valence-corrected chi connectivity index (χ4v) is 4.77. The van der Waals surface area contributed by atoms with Crippen LogP contribution in [0.3, 0.4) is 0 Å². The maximum absolute atomic E-state index is 12.2. The molecular formula is C25H25INO5S-. The Bertz CT molecular complexity index is 1100. The van der Waals surface area contributed by atoms with E-state index in [4.69, 9.17) is 9.47 Å². The van der Waals surface area contributed by atoms with Crippen molar-refractivity contribution in [1.29, 1.82) is 0 Å². The van der Waals surface area contributed by atoms with Crippen LogP contribution in [0.2, 0.25) is 0 Å². The standard InChI is InChI=1S/C25H26INO5S/c1-17(2)24(25(28)31-3)27(33(29)30)21-12-8-18(9-13-21)19-10-14-22(15-11-19)32-16-20-6-4-5-7-23(20)26/h4-15,17,24H,16H2,1-3H3,(H,29,30)/p-1. The Morgan fingerprint density at radius 3 is 2.09 bits per heavy atom. The summed E-state index contributed by atoms with van der Waals surface area (Å²) in [5.41, 5.74) is 3.41. The van der Waals surface area contributed by atoms with Gasteiger partial charge in [-0.05, 0) is 70.0 Å². The zero-order valence-electron chi connectivity index (χ0n) is 18.6. The predicted molar refractivity (Wildman–Crippen MR) is 137 cm³/mol. The molecule has 3 rings (SSSR count). The minimum atomic E-state index is -2.64. The van der Waals surface area contributed by atoms with Crippen LogP contribution in [0.1, 0.15) is 19.4 Å². The van der Waals surface area contributed by atoms with Gasteiger partial charge < -0.3 is 14.0 Å². The number of hydrogen-bond donors (Lipinski definition) is 0. The molecule has 0 amide bonds. The van der Waals surface area contributed by atoms with Crippen LogP contribution in [0.4, 0.5) is 5.69 Å². The molecule has 0 heterocycles. The van der Waals surface area contributed by atoms with Crippen LogP contribution in [-0.4, -0.2) is 27.9 Å². The lowest BCUT2D eigenvalue weighted by atomic mass is 10.0. The average molecular weight is 578 g/mol. The number of hydrogen-bond acceptors (Lipinski definition) is 5. The molecule has 0 aliphatic rings. The molecule has 0 aromatic heterocycles. The van der Waals surface area contributed by atoms with Gasteiger partial charge in [0.1, 0.15) is 18.4 Å². The summed E-state index contributed by atoms with van der Waals surface area (Å²) in [6, 6.07) is 21.9. The molecule has 8 heteroatoms. The van der Waals surface area contributed by atoms with Crippen molar-refractivity contribution in [3.8, 4) is 16.9 Å². The van der Waals surface area contributed by atoms with E-state index in [2.05, 4.69) is 22.6 Å². The van der Waals surface area contributed by atoms with E-state index in [9.17, 15) is 13.6 Å². The number of nitrogens with zero attached hydrogens (tertiary/aromatic N) is 1. The summed E-state index contributed by atoms with van der Waals surface area (Å²) < 4.78 is 36.8. The summed E-state index contributed by atoms with van der Waals surface area (Å²) in [6.45, 7) is 4.04. The summed E-state index contributed by atoms with van der Waals surface area (Å²) in [5, 5.41) is 0. The van der Waals surface area contributed by atoms with E-state index in [1.54, 1.807) is 26.0 Å². The van der Waals surface area contributed by atoms with Gasteiger partial charge in [-0.25, -0.2) is 4.79 Å². The Hall–Kier alpha value is -2.43. The quantitative estimate of drug-likeness (QED) is 0.195. The van der Waals surface area contributed by atoms with Gasteiger partial charge in [0, 0.05) is 26.1 Å². The van der Waals surface area contributed by atoms with Crippen molar-refractivity contribution < 1.29 is 23.0 Å². The SMILES string of the molecule is COC(=O)C(C(C)C)N(c1ccc(-c2ccc(OCc3ccccc3I)cc2)cc1)S(=O)[O-]. The van der Waals surface area contributed by atoms with Gasteiger partial charge in [0.05, 0.1) is 7.11 Å².